The zero-order valence-electron chi connectivity index (χ0n) is 8.25. The van der Waals surface area contributed by atoms with E-state index in [1.165, 1.54) is 0 Å². The fraction of sp³-hybridized carbons (Fsp3) is 0.889. The van der Waals surface area contributed by atoms with E-state index in [-0.39, 0.29) is 12.0 Å². The zero-order valence-corrected chi connectivity index (χ0v) is 8.25. The number of carboxylic acids is 1. The van der Waals surface area contributed by atoms with E-state index in [0.29, 0.717) is 6.54 Å². The normalized spacial score (nSPS) is 29.8. The molecule has 3 nitrogen and oxygen atoms in total. The number of hydrogen-bond donors (Lipinski definition) is 1. The van der Waals surface area contributed by atoms with Gasteiger partial charge in [-0.25, -0.2) is 4.39 Å². The van der Waals surface area contributed by atoms with Crippen molar-refractivity contribution in [2.45, 2.75) is 44.9 Å². The molecule has 0 bridgehead atoms. The Morgan fingerprint density at radius 2 is 2.15 bits per heavy atom. The van der Waals surface area contributed by atoms with Crippen LogP contribution in [0.2, 0.25) is 0 Å². The standard InChI is InChI=1S/C9H16FNO2/c1-9(2,3)11-5-6(10)7(11)4-8(12)13/h6-7H,4-5H2,1-3H3,(H,12,13). The van der Waals surface area contributed by atoms with Gasteiger partial charge < -0.3 is 5.11 Å². The lowest BCUT2D eigenvalue weighted by molar-refractivity contribution is -0.144. The van der Waals surface area contributed by atoms with E-state index in [2.05, 4.69) is 0 Å². The van der Waals surface area contributed by atoms with E-state index in [9.17, 15) is 9.18 Å². The van der Waals surface area contributed by atoms with Crippen LogP contribution in [0, 0.1) is 0 Å². The smallest absolute Gasteiger partial charge is 0.305 e. The Morgan fingerprint density at radius 3 is 2.46 bits per heavy atom. The van der Waals surface area contributed by atoms with Crippen molar-refractivity contribution in [2.24, 2.45) is 0 Å². The van der Waals surface area contributed by atoms with Gasteiger partial charge in [0.05, 0.1) is 12.5 Å². The number of rotatable bonds is 2. The molecule has 2 unspecified atom stereocenters. The molecule has 4 heteroatoms. The summed E-state index contributed by atoms with van der Waals surface area (Å²) in [6.07, 6.45) is -1.08. The number of carboxylic acid groups (broad SMARTS) is 1. The average Bonchev–Trinajstić information content (AvgIpc) is 1.93. The molecule has 0 amide bonds. The molecule has 1 aliphatic rings. The van der Waals surface area contributed by atoms with Crippen LogP contribution in [-0.4, -0.2) is 40.3 Å². The Labute approximate surface area is 77.5 Å². The number of halogens is 1. The summed E-state index contributed by atoms with van der Waals surface area (Å²) in [6, 6.07) is -0.433. The first kappa shape index (κ1) is 10.4. The number of hydrogen-bond acceptors (Lipinski definition) is 2. The molecule has 0 radical (unpaired) electrons. The van der Waals surface area contributed by atoms with Gasteiger partial charge in [0.15, 0.2) is 0 Å². The summed E-state index contributed by atoms with van der Waals surface area (Å²) >= 11 is 0. The first-order valence-corrected chi connectivity index (χ1v) is 4.45. The molecule has 1 rings (SSSR count). The third-order valence-corrected chi connectivity index (χ3v) is 2.43. The Hall–Kier alpha value is -0.640. The lowest BCUT2D eigenvalue weighted by atomic mass is 9.90. The van der Waals surface area contributed by atoms with E-state index < -0.39 is 18.2 Å². The monoisotopic (exact) mass is 189 g/mol. The summed E-state index contributed by atoms with van der Waals surface area (Å²) in [6.45, 7) is 6.26. The highest BCUT2D eigenvalue weighted by molar-refractivity contribution is 5.67. The van der Waals surface area contributed by atoms with Crippen LogP contribution in [0.5, 0.6) is 0 Å². The number of carbonyl (C=O) groups is 1. The second-order valence-electron chi connectivity index (χ2n) is 4.50. The molecule has 0 saturated carbocycles. The van der Waals surface area contributed by atoms with Gasteiger partial charge in [0.1, 0.15) is 6.17 Å². The number of nitrogens with zero attached hydrogens (tertiary/aromatic N) is 1. The Kier molecular flexibility index (Phi) is 2.61. The van der Waals surface area contributed by atoms with Gasteiger partial charge in [-0.05, 0) is 20.8 Å². The van der Waals surface area contributed by atoms with E-state index in [4.69, 9.17) is 5.11 Å². The van der Waals surface area contributed by atoms with Crippen LogP contribution in [0.25, 0.3) is 0 Å². The van der Waals surface area contributed by atoms with Crippen molar-refractivity contribution in [3.05, 3.63) is 0 Å². The minimum Gasteiger partial charge on any atom is -0.481 e. The Morgan fingerprint density at radius 1 is 1.62 bits per heavy atom. The van der Waals surface area contributed by atoms with Crippen molar-refractivity contribution in [3.63, 3.8) is 0 Å². The molecule has 1 saturated heterocycles. The maximum Gasteiger partial charge on any atom is 0.305 e. The van der Waals surface area contributed by atoms with E-state index >= 15 is 0 Å². The van der Waals surface area contributed by atoms with Crippen LogP contribution in [0.4, 0.5) is 4.39 Å². The minimum absolute atomic E-state index is 0.0988. The lowest BCUT2D eigenvalue weighted by Crippen LogP contribution is -2.65. The van der Waals surface area contributed by atoms with Gasteiger partial charge in [-0.2, -0.15) is 0 Å². The van der Waals surface area contributed by atoms with Crippen molar-refractivity contribution >= 4 is 5.97 Å². The third kappa shape index (κ3) is 2.18. The second-order valence-corrected chi connectivity index (χ2v) is 4.50. The maximum atomic E-state index is 13.0. The summed E-state index contributed by atoms with van der Waals surface area (Å²) in [4.78, 5) is 12.3. The SMILES string of the molecule is CC(C)(C)N1CC(F)C1CC(=O)O. The summed E-state index contributed by atoms with van der Waals surface area (Å²) in [7, 11) is 0. The molecule has 1 aliphatic heterocycles. The topological polar surface area (TPSA) is 40.5 Å². The molecular weight excluding hydrogens is 173 g/mol. The molecule has 1 heterocycles. The quantitative estimate of drug-likeness (QED) is 0.711. The number of alkyl halides is 1. The fourth-order valence-corrected chi connectivity index (χ4v) is 1.69. The van der Waals surface area contributed by atoms with Crippen molar-refractivity contribution in [1.82, 2.24) is 4.90 Å². The van der Waals surface area contributed by atoms with E-state index in [1.807, 2.05) is 25.7 Å². The molecular formula is C9H16FNO2. The molecule has 0 aromatic carbocycles. The van der Waals surface area contributed by atoms with Crippen LogP contribution in [0.15, 0.2) is 0 Å². The molecule has 1 fully saturated rings. The van der Waals surface area contributed by atoms with Crippen molar-refractivity contribution < 1.29 is 14.3 Å². The Bertz CT molecular complexity index is 212. The van der Waals surface area contributed by atoms with Gasteiger partial charge in [0, 0.05) is 12.1 Å². The predicted octanol–water partition coefficient (Wildman–Crippen LogP) is 1.28. The van der Waals surface area contributed by atoms with Gasteiger partial charge in [-0.1, -0.05) is 0 Å². The van der Waals surface area contributed by atoms with Crippen molar-refractivity contribution in [1.29, 1.82) is 0 Å². The van der Waals surface area contributed by atoms with Gasteiger partial charge in [-0.3, -0.25) is 9.69 Å². The summed E-state index contributed by atoms with van der Waals surface area (Å²) in [5, 5.41) is 8.56. The van der Waals surface area contributed by atoms with Crippen LogP contribution < -0.4 is 0 Å². The number of likely N-dealkylation sites (tertiary alicyclic amines) is 1. The van der Waals surface area contributed by atoms with Crippen LogP contribution in [0.1, 0.15) is 27.2 Å². The van der Waals surface area contributed by atoms with Crippen LogP contribution in [-0.2, 0) is 4.79 Å². The minimum atomic E-state index is -0.977. The molecule has 13 heavy (non-hydrogen) atoms. The molecule has 0 aromatic heterocycles. The molecule has 1 N–H and O–H groups in total. The van der Waals surface area contributed by atoms with Crippen molar-refractivity contribution in [2.75, 3.05) is 6.54 Å². The van der Waals surface area contributed by atoms with Crippen LogP contribution >= 0.6 is 0 Å². The van der Waals surface area contributed by atoms with Gasteiger partial charge in [0.2, 0.25) is 0 Å². The summed E-state index contributed by atoms with van der Waals surface area (Å²) < 4.78 is 13.0. The highest BCUT2D eigenvalue weighted by Crippen LogP contribution is 2.31. The fourth-order valence-electron chi connectivity index (χ4n) is 1.69. The Balaban J connectivity index is 2.56. The third-order valence-electron chi connectivity index (χ3n) is 2.43. The first-order valence-electron chi connectivity index (χ1n) is 4.45. The van der Waals surface area contributed by atoms with Gasteiger partial charge >= 0.3 is 5.97 Å². The molecule has 0 spiro atoms. The highest BCUT2D eigenvalue weighted by Gasteiger charge is 2.45. The van der Waals surface area contributed by atoms with E-state index in [0.717, 1.165) is 0 Å². The predicted molar refractivity (Wildman–Crippen MR) is 47.4 cm³/mol. The number of aliphatic carboxylic acids is 1. The maximum absolute atomic E-state index is 13.0. The molecule has 0 aromatic rings. The van der Waals surface area contributed by atoms with Gasteiger partial charge in [-0.15, -0.1) is 0 Å². The van der Waals surface area contributed by atoms with Crippen molar-refractivity contribution in [3.8, 4) is 0 Å². The average molecular weight is 189 g/mol. The lowest BCUT2D eigenvalue weighted by Gasteiger charge is -2.51. The first-order chi connectivity index (χ1) is 5.82. The zero-order chi connectivity index (χ0) is 10.2. The van der Waals surface area contributed by atoms with E-state index in [1.54, 1.807) is 0 Å². The summed E-state index contributed by atoms with van der Waals surface area (Å²) in [5.74, 6) is -0.929. The largest absolute Gasteiger partial charge is 0.481 e. The molecule has 76 valence electrons. The second kappa shape index (κ2) is 3.25. The molecule has 2 atom stereocenters. The summed E-state index contributed by atoms with van der Waals surface area (Å²) in [5.41, 5.74) is -0.136. The molecule has 0 aliphatic carbocycles. The van der Waals surface area contributed by atoms with Gasteiger partial charge in [0.25, 0.3) is 0 Å². The highest BCUT2D eigenvalue weighted by atomic mass is 19.1. The van der Waals surface area contributed by atoms with Crippen LogP contribution in [0.3, 0.4) is 0 Å².